The van der Waals surface area contributed by atoms with Crippen molar-refractivity contribution in [2.24, 2.45) is 17.3 Å². The molecule has 4 aliphatic rings. The zero-order valence-electron chi connectivity index (χ0n) is 40.9. The molecule has 5 atom stereocenters. The number of esters is 1. The maximum atomic E-state index is 14.7. The summed E-state index contributed by atoms with van der Waals surface area (Å²) >= 11 is 0. The lowest BCUT2D eigenvalue weighted by molar-refractivity contribution is -0.155. The molecule has 2 aromatic heterocycles. The average molecular weight is 933 g/mol. The van der Waals surface area contributed by atoms with Crippen LogP contribution in [0, 0.1) is 17.3 Å². The monoisotopic (exact) mass is 933 g/mol. The molecule has 0 radical (unpaired) electrons. The summed E-state index contributed by atoms with van der Waals surface area (Å²) < 4.78 is 13.7. The molecule has 4 N–H and O–H groups in total. The van der Waals surface area contributed by atoms with Gasteiger partial charge in [0.05, 0.1) is 37.8 Å². The van der Waals surface area contributed by atoms with Crippen molar-refractivity contribution in [1.82, 2.24) is 40.4 Å². The summed E-state index contributed by atoms with van der Waals surface area (Å²) in [6, 6.07) is 12.3. The number of carbonyl (C=O) groups excluding carboxylic acids is 5. The highest BCUT2D eigenvalue weighted by molar-refractivity contribution is 5.96. The third kappa shape index (κ3) is 9.99. The zero-order valence-corrected chi connectivity index (χ0v) is 40.9. The highest BCUT2D eigenvalue weighted by atomic mass is 16.5. The van der Waals surface area contributed by atoms with Gasteiger partial charge in [-0.1, -0.05) is 53.7 Å². The first-order valence-electron chi connectivity index (χ1n) is 24.2. The summed E-state index contributed by atoms with van der Waals surface area (Å²) in [6.07, 6.45) is 3.34. The van der Waals surface area contributed by atoms with E-state index in [4.69, 9.17) is 14.5 Å². The highest BCUT2D eigenvalue weighted by Crippen LogP contribution is 2.42. The van der Waals surface area contributed by atoms with Gasteiger partial charge in [-0.3, -0.25) is 39.3 Å². The number of pyridine rings is 1. The fourth-order valence-electron chi connectivity index (χ4n) is 10.3. The maximum Gasteiger partial charge on any atom is 0.324 e. The average Bonchev–Trinajstić information content (AvgIpc) is 4.00. The van der Waals surface area contributed by atoms with Crippen molar-refractivity contribution in [3.63, 3.8) is 0 Å². The first-order chi connectivity index (χ1) is 32.3. The SMILES string of the molecule is CCn1c(-c2cccnc2C(C)C)c2c3cc(ccc31)-c1cc(O)cc(c1)C[C@H](NC(=O)[C@H](C(C)C)N(C)C(=O)CN(C)C(=O)[C@H]1N[C@H]1C1COC1)C(=O)N1CCC[C@H](N1)C(=O)OCC(C)(C)C2. The van der Waals surface area contributed by atoms with E-state index in [-0.39, 0.29) is 67.6 Å². The van der Waals surface area contributed by atoms with Crippen LogP contribution in [0.1, 0.15) is 84.0 Å². The molecule has 16 heteroatoms. The van der Waals surface area contributed by atoms with Crippen molar-refractivity contribution in [1.29, 1.82) is 0 Å². The molecule has 68 heavy (non-hydrogen) atoms. The number of aromatic nitrogens is 2. The van der Waals surface area contributed by atoms with Crippen molar-refractivity contribution in [3.8, 4) is 28.1 Å². The molecule has 4 aromatic rings. The second-order valence-corrected chi connectivity index (χ2v) is 20.7. The molecule has 0 saturated carbocycles. The number of phenolic OH excluding ortho intramolecular Hbond substituents is 1. The Morgan fingerprint density at radius 3 is 2.49 bits per heavy atom. The van der Waals surface area contributed by atoms with Crippen molar-refractivity contribution in [2.45, 2.75) is 117 Å². The number of nitrogens with zero attached hydrogens (tertiary/aromatic N) is 5. The molecule has 6 heterocycles. The topological polar surface area (TPSA) is 198 Å². The van der Waals surface area contributed by atoms with Gasteiger partial charge in [0.25, 0.3) is 5.91 Å². The van der Waals surface area contributed by atoms with Gasteiger partial charge in [-0.25, -0.2) is 5.43 Å². The third-order valence-corrected chi connectivity index (χ3v) is 14.0. The van der Waals surface area contributed by atoms with Crippen LogP contribution in [0.4, 0.5) is 0 Å². The molecule has 0 aliphatic carbocycles. The van der Waals surface area contributed by atoms with Gasteiger partial charge in [0, 0.05) is 73.6 Å². The van der Waals surface area contributed by atoms with Gasteiger partial charge < -0.3 is 34.3 Å². The van der Waals surface area contributed by atoms with Crippen LogP contribution >= 0.6 is 0 Å². The Labute approximate surface area is 399 Å². The van der Waals surface area contributed by atoms with E-state index in [2.05, 4.69) is 73.4 Å². The molecule has 4 aliphatic heterocycles. The minimum absolute atomic E-state index is 0.00802. The molecule has 6 bridgehead atoms. The fourth-order valence-corrected chi connectivity index (χ4v) is 10.3. The predicted octanol–water partition coefficient (Wildman–Crippen LogP) is 4.80. The number of fused-ring (bicyclic) bond motifs is 6. The number of hydrogen-bond acceptors (Lipinski definition) is 11. The summed E-state index contributed by atoms with van der Waals surface area (Å²) in [4.78, 5) is 77.8. The number of aryl methyl sites for hydroxylation is 1. The van der Waals surface area contributed by atoms with Crippen LogP contribution in [0.15, 0.2) is 54.7 Å². The Morgan fingerprint density at radius 1 is 1.03 bits per heavy atom. The number of likely N-dealkylation sites (N-methyl/N-ethyl adjacent to an activating group) is 2. The van der Waals surface area contributed by atoms with Crippen LogP contribution in [0.5, 0.6) is 5.75 Å². The van der Waals surface area contributed by atoms with Crippen LogP contribution in [0.2, 0.25) is 0 Å². The molecule has 0 spiro atoms. The van der Waals surface area contributed by atoms with Crippen molar-refractivity contribution < 1.29 is 38.6 Å². The van der Waals surface area contributed by atoms with E-state index in [1.807, 2.05) is 38.2 Å². The second kappa shape index (κ2) is 19.6. The van der Waals surface area contributed by atoms with E-state index in [1.54, 1.807) is 19.2 Å². The highest BCUT2D eigenvalue weighted by Gasteiger charge is 2.50. The van der Waals surface area contributed by atoms with Crippen molar-refractivity contribution >= 4 is 40.5 Å². The van der Waals surface area contributed by atoms with E-state index in [0.717, 1.165) is 44.5 Å². The molecule has 0 unspecified atom stereocenters. The van der Waals surface area contributed by atoms with Crippen LogP contribution in [-0.4, -0.2) is 136 Å². The minimum atomic E-state index is -1.18. The molecule has 364 valence electrons. The van der Waals surface area contributed by atoms with Crippen LogP contribution < -0.4 is 16.1 Å². The van der Waals surface area contributed by atoms with Crippen LogP contribution in [-0.2, 0) is 52.8 Å². The molecule has 3 saturated heterocycles. The van der Waals surface area contributed by atoms with E-state index in [9.17, 15) is 29.1 Å². The Bertz CT molecular complexity index is 2580. The summed E-state index contributed by atoms with van der Waals surface area (Å²) in [7, 11) is 3.11. The van der Waals surface area contributed by atoms with E-state index in [1.165, 1.54) is 21.9 Å². The molecular formula is C52H68N8O8. The van der Waals surface area contributed by atoms with Gasteiger partial charge in [0.15, 0.2) is 0 Å². The lowest BCUT2D eigenvalue weighted by Crippen LogP contribution is -2.62. The molecule has 16 nitrogen and oxygen atoms in total. The number of rotatable bonds is 11. The van der Waals surface area contributed by atoms with E-state index < -0.39 is 47.2 Å². The standard InChI is InChI=1S/C52H68N8O8/c1-10-59-41-16-15-32-23-37(41)38(47(59)36-13-11-17-53-43(36)29(2)3)24-52(6,7)28-68-51(66)39-14-12-18-60(56-39)49(64)40(21-31-19-33(32)22-35(61)20-31)54-48(63)46(30(4)5)58(9)42(62)25-57(8)50(65)45-44(55-45)34-26-67-27-34/h11,13,15-17,19-20,22-23,29-30,34,39-40,44-46,55-56,61H,10,12,14,18,21,24-28H2,1-9H3,(H,54,63)/t39-,40-,44-,45-,46-/m0/s1. The summed E-state index contributed by atoms with van der Waals surface area (Å²) in [5, 5.41) is 19.9. The predicted molar refractivity (Wildman–Crippen MR) is 258 cm³/mol. The van der Waals surface area contributed by atoms with Crippen molar-refractivity contribution in [2.75, 3.05) is 47.0 Å². The molecule has 4 amide bonds. The number of phenols is 1. The summed E-state index contributed by atoms with van der Waals surface area (Å²) in [5.74, 6) is -2.10. The first kappa shape index (κ1) is 48.6. The van der Waals surface area contributed by atoms with Gasteiger partial charge in [-0.15, -0.1) is 0 Å². The Morgan fingerprint density at radius 2 is 1.79 bits per heavy atom. The number of benzene rings is 2. The van der Waals surface area contributed by atoms with Crippen LogP contribution in [0.25, 0.3) is 33.3 Å². The number of ether oxygens (including phenoxy) is 2. The molecule has 3 fully saturated rings. The smallest absolute Gasteiger partial charge is 0.324 e. The lowest BCUT2D eigenvalue weighted by atomic mass is 9.83. The summed E-state index contributed by atoms with van der Waals surface area (Å²) in [6.45, 7) is 16.3. The number of hydrogen-bond donors (Lipinski definition) is 4. The molecule has 8 rings (SSSR count). The number of carbonyl (C=O) groups is 5. The second-order valence-electron chi connectivity index (χ2n) is 20.7. The van der Waals surface area contributed by atoms with Gasteiger partial charge in [0.2, 0.25) is 17.7 Å². The third-order valence-electron chi connectivity index (χ3n) is 14.0. The van der Waals surface area contributed by atoms with Gasteiger partial charge >= 0.3 is 5.97 Å². The number of aromatic hydroxyl groups is 1. The number of hydrazine groups is 1. The van der Waals surface area contributed by atoms with E-state index in [0.29, 0.717) is 44.6 Å². The Kier molecular flexibility index (Phi) is 14.0. The van der Waals surface area contributed by atoms with Gasteiger partial charge in [-0.2, -0.15) is 0 Å². The number of cyclic esters (lactones) is 1. The minimum Gasteiger partial charge on any atom is -0.508 e. The summed E-state index contributed by atoms with van der Waals surface area (Å²) in [5.41, 5.74) is 10.0. The Hall–Kier alpha value is -5.84. The zero-order chi connectivity index (χ0) is 48.8. The van der Waals surface area contributed by atoms with Gasteiger partial charge in [-0.05, 0) is 96.7 Å². The number of nitrogens with one attached hydrogen (secondary N) is 3. The maximum absolute atomic E-state index is 14.7. The quantitative estimate of drug-likeness (QED) is 0.119. The van der Waals surface area contributed by atoms with Crippen LogP contribution in [0.3, 0.4) is 0 Å². The molecular weight excluding hydrogens is 865 g/mol. The normalized spacial score (nSPS) is 22.3. The Balaban J connectivity index is 1.14. The lowest BCUT2D eigenvalue weighted by Gasteiger charge is -2.37. The van der Waals surface area contributed by atoms with Crippen molar-refractivity contribution in [3.05, 3.63) is 71.5 Å². The van der Waals surface area contributed by atoms with E-state index >= 15 is 0 Å². The fraction of sp³-hybridized carbons (Fsp3) is 0.538. The number of amides is 4. The largest absolute Gasteiger partial charge is 0.508 e. The first-order valence-corrected chi connectivity index (χ1v) is 24.2. The molecule has 2 aromatic carbocycles. The van der Waals surface area contributed by atoms with Gasteiger partial charge in [0.1, 0.15) is 29.9 Å².